The summed E-state index contributed by atoms with van der Waals surface area (Å²) in [6.45, 7) is 0. The second-order valence-corrected chi connectivity index (χ2v) is 7.64. The van der Waals surface area contributed by atoms with Gasteiger partial charge in [-0.05, 0) is 17.5 Å². The van der Waals surface area contributed by atoms with Crippen LogP contribution in [0.25, 0.3) is 10.8 Å². The van der Waals surface area contributed by atoms with Gasteiger partial charge >= 0.3 is 0 Å². The van der Waals surface area contributed by atoms with Gasteiger partial charge in [0.2, 0.25) is 0 Å². The van der Waals surface area contributed by atoms with Crippen molar-refractivity contribution in [2.24, 2.45) is 20.3 Å². The van der Waals surface area contributed by atoms with Gasteiger partial charge < -0.3 is 10.8 Å². The van der Waals surface area contributed by atoms with Crippen LogP contribution in [-0.4, -0.2) is 47.0 Å². The third kappa shape index (κ3) is 3.39. The summed E-state index contributed by atoms with van der Waals surface area (Å²) in [7, 11) is -7.27. The molecule has 0 saturated carbocycles. The van der Waals surface area contributed by atoms with Gasteiger partial charge in [0.25, 0.3) is 36.2 Å². The first-order valence-corrected chi connectivity index (χ1v) is 9.48. The number of hydrogen-bond acceptors (Lipinski definition) is 10. The highest BCUT2D eigenvalue weighted by Gasteiger charge is 2.27. The molecule has 0 radical (unpaired) electrons. The summed E-state index contributed by atoms with van der Waals surface area (Å²) in [5, 5.41) is 23.7. The number of aromatic hydroxyl groups is 1. The summed E-state index contributed by atoms with van der Waals surface area (Å²) < 4.78 is 65.0. The maximum absolute atomic E-state index is 11.6. The van der Waals surface area contributed by atoms with Crippen molar-refractivity contribution < 1.29 is 31.0 Å². The molecule has 0 aliphatic heterocycles. The lowest BCUT2D eigenvalue weighted by Crippen LogP contribution is -2.03. The molecule has 0 saturated heterocycles. The Morgan fingerprint density at radius 1 is 0.885 bits per heavy atom. The van der Waals surface area contributed by atoms with Crippen molar-refractivity contribution in [1.82, 2.24) is 0 Å². The monoisotopic (exact) mass is 399 g/mol. The van der Waals surface area contributed by atoms with Gasteiger partial charge in [0.15, 0.2) is 5.75 Å². The molecule has 136 valence electrons. The molecule has 2 aromatic carbocycles. The van der Waals surface area contributed by atoms with Gasteiger partial charge in [-0.25, -0.2) is 0 Å². The molecule has 0 aliphatic rings. The van der Waals surface area contributed by atoms with E-state index in [9.17, 15) is 31.0 Å². The molecule has 0 unspecified atom stereocenters. The van der Waals surface area contributed by atoms with Crippen molar-refractivity contribution in [1.29, 1.82) is 0 Å². The van der Waals surface area contributed by atoms with E-state index in [1.54, 1.807) is 0 Å². The number of nitrogens with zero attached hydrogens (tertiary/aromatic N) is 4. The van der Waals surface area contributed by atoms with Gasteiger partial charge in [0.1, 0.15) is 21.2 Å². The van der Waals surface area contributed by atoms with Crippen LogP contribution in [-0.2, 0) is 20.2 Å². The second-order valence-electron chi connectivity index (χ2n) is 4.86. The minimum Gasteiger partial charge on any atom is -0.505 e. The SMILES string of the molecule is BN=Nc1c(S(=O)(=O)O)cc2cc(S(=O)(=O)O)c(/N=N/B)c(O)c2c1N. The minimum atomic E-state index is -4.86. The summed E-state index contributed by atoms with van der Waals surface area (Å²) in [5.74, 6) is -0.785. The third-order valence-corrected chi connectivity index (χ3v) is 5.00. The van der Waals surface area contributed by atoms with E-state index in [1.807, 2.05) is 0 Å². The van der Waals surface area contributed by atoms with E-state index in [0.717, 1.165) is 12.1 Å². The summed E-state index contributed by atoms with van der Waals surface area (Å²) in [6.07, 6.45) is 0. The molecule has 16 heteroatoms. The van der Waals surface area contributed by atoms with Crippen LogP contribution in [0.3, 0.4) is 0 Å². The smallest absolute Gasteiger partial charge is 0.296 e. The predicted molar refractivity (Wildman–Crippen MR) is 95.8 cm³/mol. The average molecular weight is 399 g/mol. The number of rotatable bonds is 4. The van der Waals surface area contributed by atoms with Gasteiger partial charge in [-0.3, -0.25) is 19.2 Å². The number of benzene rings is 2. The first-order valence-electron chi connectivity index (χ1n) is 6.60. The van der Waals surface area contributed by atoms with Crippen molar-refractivity contribution >= 4 is 64.0 Å². The van der Waals surface area contributed by atoms with Crippen LogP contribution in [0.2, 0.25) is 0 Å². The third-order valence-electron chi connectivity index (χ3n) is 3.27. The number of nitrogen functional groups attached to an aromatic ring is 1. The van der Waals surface area contributed by atoms with Crippen molar-refractivity contribution in [3.8, 4) is 5.75 Å². The van der Waals surface area contributed by atoms with Crippen molar-refractivity contribution in [3.63, 3.8) is 0 Å². The van der Waals surface area contributed by atoms with E-state index < -0.39 is 52.8 Å². The Bertz CT molecular complexity index is 1090. The van der Waals surface area contributed by atoms with Crippen LogP contribution < -0.4 is 5.73 Å². The standard InChI is InChI=1S/C10H11B2N5O7S2/c11-16-14-8-4(25(19,20)21)1-3-2-5(26(22,23)24)9(15-17-12)10(18)6(3)7(8)13/h1-2,18H,11-13H2,(H,19,20,21)(H,22,23,24)/b16-14?,17-15+. The number of anilines is 1. The Kier molecular flexibility index (Phi) is 5.05. The van der Waals surface area contributed by atoms with Gasteiger partial charge in [-0.1, -0.05) is 0 Å². The maximum atomic E-state index is 11.6. The largest absolute Gasteiger partial charge is 0.505 e. The van der Waals surface area contributed by atoms with Crippen LogP contribution >= 0.6 is 0 Å². The number of fused-ring (bicyclic) bond motifs is 1. The molecule has 12 nitrogen and oxygen atoms in total. The molecule has 5 N–H and O–H groups in total. The highest BCUT2D eigenvalue weighted by atomic mass is 32.2. The first kappa shape index (κ1) is 19.8. The Labute approximate surface area is 149 Å². The molecule has 0 fully saturated rings. The Hall–Kier alpha value is -2.55. The van der Waals surface area contributed by atoms with Crippen LogP contribution in [0.5, 0.6) is 5.75 Å². The Balaban J connectivity index is 3.20. The molecule has 0 spiro atoms. The minimum absolute atomic E-state index is 0.213. The summed E-state index contributed by atoms with van der Waals surface area (Å²) in [5.41, 5.74) is 4.38. The van der Waals surface area contributed by atoms with E-state index in [-0.39, 0.29) is 10.8 Å². The molecular weight excluding hydrogens is 388 g/mol. The lowest BCUT2D eigenvalue weighted by Gasteiger charge is -2.14. The molecule has 2 rings (SSSR count). The molecule has 0 aliphatic carbocycles. The molecule has 0 amide bonds. The Morgan fingerprint density at radius 2 is 1.31 bits per heavy atom. The van der Waals surface area contributed by atoms with E-state index in [4.69, 9.17) is 5.73 Å². The van der Waals surface area contributed by atoms with E-state index in [2.05, 4.69) is 20.3 Å². The van der Waals surface area contributed by atoms with Crippen LogP contribution in [0.1, 0.15) is 0 Å². The normalized spacial score (nSPS) is 13.2. The molecule has 0 bridgehead atoms. The van der Waals surface area contributed by atoms with E-state index in [1.165, 1.54) is 16.0 Å². The number of phenolic OH excluding ortho intramolecular Hbond substituents is 1. The number of hydrogen-bond donors (Lipinski definition) is 4. The van der Waals surface area contributed by atoms with Crippen molar-refractivity contribution in [2.45, 2.75) is 9.79 Å². The Morgan fingerprint density at radius 3 is 1.73 bits per heavy atom. The van der Waals surface area contributed by atoms with Gasteiger partial charge in [0, 0.05) is 0 Å². The topological polar surface area (TPSA) is 204 Å². The summed E-state index contributed by atoms with van der Waals surface area (Å²) >= 11 is 0. The highest BCUT2D eigenvalue weighted by molar-refractivity contribution is 7.86. The molecule has 26 heavy (non-hydrogen) atoms. The predicted octanol–water partition coefficient (Wildman–Crippen LogP) is -0.115. The second kappa shape index (κ2) is 6.64. The summed E-state index contributed by atoms with van der Waals surface area (Å²) in [4.78, 5) is -1.60. The zero-order valence-electron chi connectivity index (χ0n) is 13.3. The quantitative estimate of drug-likeness (QED) is 0.236. The molecule has 0 atom stereocenters. The van der Waals surface area contributed by atoms with E-state index >= 15 is 0 Å². The summed E-state index contributed by atoms with van der Waals surface area (Å²) in [6, 6.07) is 1.65. The van der Waals surface area contributed by atoms with Gasteiger partial charge in [-0.15, -0.1) is 0 Å². The van der Waals surface area contributed by atoms with Crippen molar-refractivity contribution in [3.05, 3.63) is 12.1 Å². The molecule has 0 aromatic heterocycles. The maximum Gasteiger partial charge on any atom is 0.296 e. The van der Waals surface area contributed by atoms with E-state index in [0.29, 0.717) is 0 Å². The number of nitrogens with two attached hydrogens (primary N) is 1. The van der Waals surface area contributed by atoms with Crippen LogP contribution in [0.15, 0.2) is 42.2 Å². The average Bonchev–Trinajstić information content (AvgIpc) is 2.50. The lowest BCUT2D eigenvalue weighted by atomic mass is 10.1. The van der Waals surface area contributed by atoms with Crippen molar-refractivity contribution in [2.75, 3.05) is 5.73 Å². The first-order chi connectivity index (χ1) is 11.9. The highest BCUT2D eigenvalue weighted by Crippen LogP contribution is 2.47. The molecular formula is C10H11B2N5O7S2. The number of phenols is 1. The van der Waals surface area contributed by atoms with Crippen LogP contribution in [0, 0.1) is 0 Å². The lowest BCUT2D eigenvalue weighted by molar-refractivity contribution is 0.472. The van der Waals surface area contributed by atoms with Crippen LogP contribution in [0.4, 0.5) is 17.1 Å². The van der Waals surface area contributed by atoms with Gasteiger partial charge in [-0.2, -0.15) is 27.1 Å². The fourth-order valence-electron chi connectivity index (χ4n) is 2.30. The molecule has 0 heterocycles. The van der Waals surface area contributed by atoms with Gasteiger partial charge in [0.05, 0.1) is 11.1 Å². The zero-order valence-corrected chi connectivity index (χ0v) is 14.9. The molecule has 2 aromatic rings. The fraction of sp³-hybridized carbons (Fsp3) is 0. The zero-order chi connectivity index (χ0) is 19.9. The fourth-order valence-corrected chi connectivity index (χ4v) is 3.63.